The van der Waals surface area contributed by atoms with Gasteiger partial charge in [0.25, 0.3) is 11.8 Å². The minimum atomic E-state index is -4.93. The fourth-order valence-corrected chi connectivity index (χ4v) is 6.15. The number of nitrogens with zero attached hydrogens (tertiary/aromatic N) is 1. The van der Waals surface area contributed by atoms with Gasteiger partial charge in [0.1, 0.15) is 6.10 Å². The van der Waals surface area contributed by atoms with Gasteiger partial charge in [-0.25, -0.2) is 4.39 Å². The topological polar surface area (TPSA) is 111 Å². The normalized spacial score (nSPS) is 24.3. The molecular formula is C34H47F5N3O5+. The zero-order valence-corrected chi connectivity index (χ0v) is 27.3. The lowest BCUT2D eigenvalue weighted by Gasteiger charge is -2.32. The Morgan fingerprint density at radius 2 is 1.57 bits per heavy atom. The predicted molar refractivity (Wildman–Crippen MR) is 166 cm³/mol. The Morgan fingerprint density at radius 3 is 2.13 bits per heavy atom. The van der Waals surface area contributed by atoms with Gasteiger partial charge in [-0.2, -0.15) is 17.6 Å². The standard InChI is InChI=1S/C34H46F5N3O5/c1-4-5-6-7-8-9-10-11-12-13-14-15-20-46-29-24(16-17-25(35)28(29)36)27-22(2)33(3,34(37,38)39)47-30(27)32(44)41-23-18-19-42(45)26(21-23)31(40)43/h16-19,21-22,26-27,30H,4-15,20H2,1-3H3,(H2-,40,41,43,44)/p+1/t22-,26?,27-,30+,33+/m1/s1. The first-order chi connectivity index (χ1) is 22.2. The number of carbonyl (C=O) groups is 2. The number of primary amides is 1. The Kier molecular flexibility index (Phi) is 13.9. The molecule has 0 radical (unpaired) electrons. The number of hydrogen-bond acceptors (Lipinski definition) is 5. The van der Waals surface area contributed by atoms with Crippen LogP contribution in [0.4, 0.5) is 22.0 Å². The molecule has 2 aliphatic rings. The van der Waals surface area contributed by atoms with E-state index < -0.39 is 65.0 Å². The molecule has 5 atom stereocenters. The van der Waals surface area contributed by atoms with Crippen LogP contribution in [0.5, 0.6) is 5.75 Å². The number of ether oxygens (including phenoxy) is 2. The molecule has 2 heterocycles. The summed E-state index contributed by atoms with van der Waals surface area (Å²) in [5.41, 5.74) is 2.17. The van der Waals surface area contributed by atoms with Crippen LogP contribution in [-0.4, -0.2) is 47.1 Å². The van der Waals surface area contributed by atoms with Crippen molar-refractivity contribution in [3.8, 4) is 5.75 Å². The molecule has 0 bridgehead atoms. The number of rotatable bonds is 18. The van der Waals surface area contributed by atoms with Gasteiger partial charge >= 0.3 is 12.2 Å². The summed E-state index contributed by atoms with van der Waals surface area (Å²) in [7, 11) is 0. The van der Waals surface area contributed by atoms with Crippen LogP contribution in [0.25, 0.3) is 0 Å². The number of amides is 2. The van der Waals surface area contributed by atoms with Gasteiger partial charge in [0.05, 0.1) is 12.3 Å². The summed E-state index contributed by atoms with van der Waals surface area (Å²) < 4.78 is 84.0. The number of benzene rings is 1. The SMILES string of the molecule is CCCCCCCCCCCCCCOc1c([C@@H]2[C@@H](C(=O)NC3=CC(C(N)=O)[N+](=O)C=C3)O[C@](C)(C(F)(F)F)[C@@H]2C)ccc(F)c1F. The van der Waals surface area contributed by atoms with Crippen molar-refractivity contribution in [2.75, 3.05) is 6.61 Å². The van der Waals surface area contributed by atoms with E-state index in [1.807, 2.05) is 0 Å². The van der Waals surface area contributed by atoms with Crippen LogP contribution >= 0.6 is 0 Å². The predicted octanol–water partition coefficient (Wildman–Crippen LogP) is 7.64. The molecule has 13 heteroatoms. The van der Waals surface area contributed by atoms with Gasteiger partial charge in [0, 0.05) is 39.2 Å². The molecule has 0 aromatic heterocycles. The van der Waals surface area contributed by atoms with Gasteiger partial charge in [-0.3, -0.25) is 9.59 Å². The van der Waals surface area contributed by atoms with Crippen molar-refractivity contribution >= 4 is 11.8 Å². The monoisotopic (exact) mass is 672 g/mol. The first kappa shape index (κ1) is 38.1. The minimum absolute atomic E-state index is 0.00194. The van der Waals surface area contributed by atoms with E-state index in [-0.39, 0.29) is 22.6 Å². The first-order valence-electron chi connectivity index (χ1n) is 16.5. The summed E-state index contributed by atoms with van der Waals surface area (Å²) in [6, 6.07) is 0.432. The van der Waals surface area contributed by atoms with Gasteiger partial charge in [-0.1, -0.05) is 90.5 Å². The highest BCUT2D eigenvalue weighted by Crippen LogP contribution is 2.55. The number of nitrogens with one attached hydrogen (secondary N) is 1. The Labute approximate surface area is 272 Å². The van der Waals surface area contributed by atoms with Crippen molar-refractivity contribution in [2.45, 2.75) is 128 Å². The Balaban J connectivity index is 1.72. The quantitative estimate of drug-likeness (QED) is 0.0946. The van der Waals surface area contributed by atoms with E-state index in [9.17, 15) is 32.1 Å². The summed E-state index contributed by atoms with van der Waals surface area (Å²) in [5, 5.41) is 2.38. The molecule has 262 valence electrons. The lowest BCUT2D eigenvalue weighted by molar-refractivity contribution is -0.495. The fourth-order valence-electron chi connectivity index (χ4n) is 6.15. The third kappa shape index (κ3) is 9.61. The maximum atomic E-state index is 15.2. The zero-order valence-electron chi connectivity index (χ0n) is 27.3. The lowest BCUT2D eigenvalue weighted by Crippen LogP contribution is -2.47. The third-order valence-corrected chi connectivity index (χ3v) is 9.18. The fraction of sp³-hybridized carbons (Fsp3) is 0.647. The summed E-state index contributed by atoms with van der Waals surface area (Å²) in [4.78, 5) is 37.0. The van der Waals surface area contributed by atoms with Gasteiger partial charge < -0.3 is 20.5 Å². The third-order valence-electron chi connectivity index (χ3n) is 9.18. The molecule has 1 saturated heterocycles. The van der Waals surface area contributed by atoms with Crippen molar-refractivity contribution < 1.29 is 45.8 Å². The number of nitroso groups, excluding NO2 is 1. The average Bonchev–Trinajstić information content (AvgIpc) is 3.29. The molecule has 3 rings (SSSR count). The second-order valence-electron chi connectivity index (χ2n) is 12.6. The molecule has 2 amide bonds. The summed E-state index contributed by atoms with van der Waals surface area (Å²) in [5.74, 6) is -8.10. The zero-order chi connectivity index (χ0) is 34.8. The van der Waals surface area contributed by atoms with Gasteiger partial charge in [0.15, 0.2) is 17.2 Å². The van der Waals surface area contributed by atoms with E-state index in [0.717, 1.165) is 63.1 Å². The largest absolute Gasteiger partial charge is 0.490 e. The number of nitrogens with two attached hydrogens (primary N) is 1. The van der Waals surface area contributed by atoms with Crippen molar-refractivity contribution in [2.24, 2.45) is 11.7 Å². The van der Waals surface area contributed by atoms with Crippen molar-refractivity contribution in [3.63, 3.8) is 0 Å². The average molecular weight is 673 g/mol. The van der Waals surface area contributed by atoms with Gasteiger partial charge in [0.2, 0.25) is 12.0 Å². The van der Waals surface area contributed by atoms with E-state index in [1.165, 1.54) is 51.9 Å². The Morgan fingerprint density at radius 1 is 1.00 bits per heavy atom. The van der Waals surface area contributed by atoms with E-state index in [0.29, 0.717) is 6.42 Å². The molecule has 2 aliphatic heterocycles. The Bertz CT molecular complexity index is 1320. The van der Waals surface area contributed by atoms with Crippen LogP contribution in [-0.2, 0) is 14.3 Å². The maximum absolute atomic E-state index is 15.2. The van der Waals surface area contributed by atoms with Crippen molar-refractivity contribution in [3.05, 3.63) is 58.3 Å². The number of hydrogen-bond donors (Lipinski definition) is 2. The summed E-state index contributed by atoms with van der Waals surface area (Å²) >= 11 is 0. The second kappa shape index (κ2) is 17.2. The van der Waals surface area contributed by atoms with Crippen LogP contribution < -0.4 is 15.8 Å². The number of alkyl halides is 3. The molecule has 0 spiro atoms. The van der Waals surface area contributed by atoms with E-state index >= 15 is 4.39 Å². The Hall–Kier alpha value is -3.35. The van der Waals surface area contributed by atoms with Crippen molar-refractivity contribution in [1.29, 1.82) is 0 Å². The van der Waals surface area contributed by atoms with Crippen molar-refractivity contribution in [1.82, 2.24) is 5.32 Å². The highest BCUT2D eigenvalue weighted by atomic mass is 19.4. The number of halogens is 5. The lowest BCUT2D eigenvalue weighted by atomic mass is 9.77. The molecule has 8 nitrogen and oxygen atoms in total. The number of allylic oxidation sites excluding steroid dienone is 1. The van der Waals surface area contributed by atoms with Crippen LogP contribution in [0.1, 0.15) is 109 Å². The smallest absolute Gasteiger partial charge is 0.417 e. The molecule has 47 heavy (non-hydrogen) atoms. The summed E-state index contributed by atoms with van der Waals surface area (Å²) in [6.07, 6.45) is 9.41. The van der Waals surface area contributed by atoms with Crippen LogP contribution in [0, 0.1) is 22.5 Å². The first-order valence-corrected chi connectivity index (χ1v) is 16.5. The second-order valence-corrected chi connectivity index (χ2v) is 12.6. The highest BCUT2D eigenvalue weighted by molar-refractivity contribution is 5.86. The van der Waals surface area contributed by atoms with Gasteiger partial charge in [-0.15, -0.1) is 0 Å². The van der Waals surface area contributed by atoms with E-state index in [4.69, 9.17) is 15.2 Å². The minimum Gasteiger partial charge on any atom is -0.490 e. The molecule has 1 unspecified atom stereocenters. The maximum Gasteiger partial charge on any atom is 0.417 e. The van der Waals surface area contributed by atoms with Gasteiger partial charge in [-0.05, 0) is 19.4 Å². The molecular weight excluding hydrogens is 625 g/mol. The number of carbonyl (C=O) groups excluding carboxylic acids is 2. The van der Waals surface area contributed by atoms with Crippen LogP contribution in [0.15, 0.2) is 36.2 Å². The molecule has 3 N–H and O–H groups in total. The highest BCUT2D eigenvalue weighted by Gasteiger charge is 2.66. The number of unbranched alkanes of at least 4 members (excludes halogenated alkanes) is 11. The van der Waals surface area contributed by atoms with Crippen LogP contribution in [0.3, 0.4) is 0 Å². The molecule has 1 aromatic carbocycles. The van der Waals surface area contributed by atoms with E-state index in [2.05, 4.69) is 12.2 Å². The molecule has 0 saturated carbocycles. The van der Waals surface area contributed by atoms with Crippen LogP contribution in [0.2, 0.25) is 0 Å². The molecule has 1 aromatic rings. The molecule has 1 fully saturated rings. The van der Waals surface area contributed by atoms with E-state index in [1.54, 1.807) is 0 Å². The molecule has 0 aliphatic carbocycles. The summed E-state index contributed by atoms with van der Waals surface area (Å²) in [6.45, 7) is 4.21.